The van der Waals surface area contributed by atoms with E-state index in [4.69, 9.17) is 37.0 Å². The molecule has 5 atom stereocenters. The second-order valence-electron chi connectivity index (χ2n) is 27.5. The predicted octanol–water partition coefficient (Wildman–Crippen LogP) is 20.1. The molecular weight excluding hydrogens is 1190 g/mol. The molecule has 534 valence electrons. The lowest BCUT2D eigenvalue weighted by Gasteiger charge is -2.21. The fourth-order valence-electron chi connectivity index (χ4n) is 10.7. The first kappa shape index (κ1) is 88.1. The third kappa shape index (κ3) is 64.8. The number of hydrogen-bond acceptors (Lipinski definition) is 15. The number of aliphatic hydroxyl groups is 1. The van der Waals surface area contributed by atoms with E-state index in [9.17, 15) is 43.2 Å². The van der Waals surface area contributed by atoms with Crippen LogP contribution in [0.4, 0.5) is 0 Å². The third-order valence-electron chi connectivity index (χ3n) is 16.3. The Hall–Kier alpha value is -1.94. The number of rotatable bonds is 68. The first-order valence-corrected chi connectivity index (χ1v) is 39.7. The minimum Gasteiger partial charge on any atom is -0.462 e. The molecule has 0 spiro atoms. The normalized spacial score (nSPS) is 14.3. The molecule has 2 unspecified atom stereocenters. The summed E-state index contributed by atoms with van der Waals surface area (Å²) in [6, 6.07) is 0. The topological polar surface area (TPSA) is 237 Å². The Morgan fingerprint density at radius 2 is 0.467 bits per heavy atom. The van der Waals surface area contributed by atoms with Gasteiger partial charge in [-0.05, 0) is 49.4 Å². The summed E-state index contributed by atoms with van der Waals surface area (Å²) < 4.78 is 68.3. The van der Waals surface area contributed by atoms with E-state index in [-0.39, 0.29) is 25.7 Å². The highest BCUT2D eigenvalue weighted by atomic mass is 31.2. The molecule has 0 rings (SSSR count). The molecule has 0 heterocycles. The van der Waals surface area contributed by atoms with Gasteiger partial charge in [0.2, 0.25) is 0 Å². The van der Waals surface area contributed by atoms with Gasteiger partial charge in [0, 0.05) is 25.7 Å². The lowest BCUT2D eigenvalue weighted by molar-refractivity contribution is -0.161. The molecule has 0 aliphatic heterocycles. The number of ether oxygens (including phenoxy) is 4. The Morgan fingerprint density at radius 1 is 0.278 bits per heavy atom. The third-order valence-corrected chi connectivity index (χ3v) is 18.2. The number of esters is 4. The van der Waals surface area contributed by atoms with Gasteiger partial charge in [0.1, 0.15) is 19.3 Å². The summed E-state index contributed by atoms with van der Waals surface area (Å²) >= 11 is 0. The van der Waals surface area contributed by atoms with E-state index in [1.807, 2.05) is 0 Å². The maximum atomic E-state index is 13.0. The van der Waals surface area contributed by atoms with Gasteiger partial charge in [-0.15, -0.1) is 0 Å². The van der Waals surface area contributed by atoms with Gasteiger partial charge in [0.25, 0.3) is 0 Å². The van der Waals surface area contributed by atoms with Gasteiger partial charge in [-0.2, -0.15) is 0 Å². The fraction of sp³-hybridized carbons (Fsp3) is 0.944. The van der Waals surface area contributed by atoms with Gasteiger partial charge in [-0.25, -0.2) is 9.13 Å². The molecule has 0 saturated carbocycles. The number of hydrogen-bond donors (Lipinski definition) is 3. The number of carbonyl (C=O) groups excluding carboxylic acids is 4. The van der Waals surface area contributed by atoms with E-state index < -0.39 is 97.5 Å². The Balaban J connectivity index is 5.20. The van der Waals surface area contributed by atoms with Crippen LogP contribution in [0.2, 0.25) is 0 Å². The molecule has 0 aliphatic carbocycles. The molecule has 90 heavy (non-hydrogen) atoms. The minimum atomic E-state index is -4.95. The van der Waals surface area contributed by atoms with Gasteiger partial charge in [-0.3, -0.25) is 37.3 Å². The van der Waals surface area contributed by atoms with E-state index in [2.05, 4.69) is 55.4 Å². The molecule has 0 aromatic rings. The number of phosphoric ester groups is 2. The molecule has 0 aromatic heterocycles. The number of phosphoric acid groups is 2. The van der Waals surface area contributed by atoms with Crippen LogP contribution in [0.3, 0.4) is 0 Å². The van der Waals surface area contributed by atoms with Crippen LogP contribution in [-0.2, 0) is 65.4 Å². The van der Waals surface area contributed by atoms with Crippen molar-refractivity contribution in [2.75, 3.05) is 39.6 Å². The summed E-state index contributed by atoms with van der Waals surface area (Å²) in [4.78, 5) is 72.5. The molecule has 3 N–H and O–H groups in total. The average Bonchev–Trinajstić information content (AvgIpc) is 3.28. The molecule has 17 nitrogen and oxygen atoms in total. The number of aliphatic hydroxyl groups excluding tert-OH is 1. The summed E-state index contributed by atoms with van der Waals surface area (Å²) in [5.41, 5.74) is 0. The highest BCUT2D eigenvalue weighted by Crippen LogP contribution is 2.45. The Bertz CT molecular complexity index is 1780. The first-order valence-electron chi connectivity index (χ1n) is 36.7. The molecule has 0 amide bonds. The summed E-state index contributed by atoms with van der Waals surface area (Å²) in [6.07, 6.45) is 43.4. The van der Waals surface area contributed by atoms with Crippen molar-refractivity contribution in [1.29, 1.82) is 0 Å². The SMILES string of the molecule is CC(C)CCCCCCCCCCCCCCCCC(=O)O[C@H](COC(=O)CCCCCCCCC(C)C)COP(=O)(O)OC[C@H](O)COP(=O)(O)OC[C@@H](COC(=O)CCCCCCCCC(C)C)OC(=O)CCCCCCCCCCCCCCC(C)C. The summed E-state index contributed by atoms with van der Waals surface area (Å²) in [7, 11) is -9.90. The lowest BCUT2D eigenvalue weighted by Crippen LogP contribution is -2.30. The second-order valence-corrected chi connectivity index (χ2v) is 30.4. The number of unbranched alkanes of at least 4 members (excludes halogenated alkanes) is 34. The molecule has 0 radical (unpaired) electrons. The van der Waals surface area contributed by atoms with E-state index in [1.54, 1.807) is 0 Å². The average molecular weight is 1330 g/mol. The molecular formula is C71H138O17P2. The van der Waals surface area contributed by atoms with Gasteiger partial charge >= 0.3 is 39.5 Å². The highest BCUT2D eigenvalue weighted by molar-refractivity contribution is 7.47. The maximum Gasteiger partial charge on any atom is 0.472 e. The number of carbonyl (C=O) groups is 4. The Labute approximate surface area is 549 Å². The molecule has 0 bridgehead atoms. The van der Waals surface area contributed by atoms with Crippen molar-refractivity contribution in [3.63, 3.8) is 0 Å². The molecule has 19 heteroatoms. The fourth-order valence-corrected chi connectivity index (χ4v) is 12.2. The largest absolute Gasteiger partial charge is 0.472 e. The van der Waals surface area contributed by atoms with Crippen molar-refractivity contribution >= 4 is 39.5 Å². The molecule has 0 aromatic carbocycles. The maximum absolute atomic E-state index is 13.0. The summed E-state index contributed by atoms with van der Waals surface area (Å²) in [6.45, 7) is 14.0. The minimum absolute atomic E-state index is 0.105. The van der Waals surface area contributed by atoms with Gasteiger partial charge < -0.3 is 33.8 Å². The van der Waals surface area contributed by atoms with E-state index >= 15 is 0 Å². The van der Waals surface area contributed by atoms with Gasteiger partial charge in [-0.1, -0.05) is 299 Å². The molecule has 0 aliphatic rings. The van der Waals surface area contributed by atoms with Crippen molar-refractivity contribution in [3.05, 3.63) is 0 Å². The zero-order valence-electron chi connectivity index (χ0n) is 58.8. The van der Waals surface area contributed by atoms with Crippen LogP contribution in [0.15, 0.2) is 0 Å². The van der Waals surface area contributed by atoms with Crippen molar-refractivity contribution in [2.45, 2.75) is 369 Å². The van der Waals surface area contributed by atoms with Crippen LogP contribution in [0.5, 0.6) is 0 Å². The van der Waals surface area contributed by atoms with E-state index in [0.717, 1.165) is 115 Å². The van der Waals surface area contributed by atoms with Gasteiger partial charge in [0.15, 0.2) is 12.2 Å². The predicted molar refractivity (Wildman–Crippen MR) is 363 cm³/mol. The zero-order chi connectivity index (χ0) is 66.8. The summed E-state index contributed by atoms with van der Waals surface area (Å²) in [5.74, 6) is 0.799. The van der Waals surface area contributed by atoms with Crippen LogP contribution in [0.25, 0.3) is 0 Å². The van der Waals surface area contributed by atoms with Crippen LogP contribution in [0.1, 0.15) is 351 Å². The van der Waals surface area contributed by atoms with Crippen molar-refractivity contribution < 1.29 is 80.2 Å². The van der Waals surface area contributed by atoms with Gasteiger partial charge in [0.05, 0.1) is 26.4 Å². The molecule has 0 saturated heterocycles. The standard InChI is InChI=1S/C71H138O17P2/c1-61(2)47-39-31-23-19-15-11-9-10-12-17-21-25-37-45-53-70(75)87-66(57-81-68(73)51-43-35-29-27-33-41-49-63(5)6)59-85-89(77,78)83-55-65(72)56-84-90(79,80)86-60-67(58-82-69(74)52-44-36-30-28-34-42-50-64(7)8)88-71(76)54-46-38-26-22-18-14-13-16-20-24-32-40-48-62(3)4/h61-67,72H,9-60H2,1-8H3,(H,77,78)(H,79,80)/t65-,66+,67+/m0/s1. The lowest BCUT2D eigenvalue weighted by atomic mass is 10.0. The Morgan fingerprint density at radius 3 is 0.689 bits per heavy atom. The quantitative estimate of drug-likeness (QED) is 0.0222. The van der Waals surface area contributed by atoms with Crippen LogP contribution in [-0.4, -0.2) is 96.7 Å². The Kier molecular flexibility index (Phi) is 59.4. The van der Waals surface area contributed by atoms with E-state index in [1.165, 1.54) is 141 Å². The van der Waals surface area contributed by atoms with Crippen molar-refractivity contribution in [2.24, 2.45) is 23.7 Å². The van der Waals surface area contributed by atoms with Crippen LogP contribution < -0.4 is 0 Å². The highest BCUT2D eigenvalue weighted by Gasteiger charge is 2.30. The smallest absolute Gasteiger partial charge is 0.462 e. The molecule has 0 fully saturated rings. The van der Waals surface area contributed by atoms with E-state index in [0.29, 0.717) is 37.5 Å². The first-order chi connectivity index (χ1) is 43.1. The monoisotopic (exact) mass is 1320 g/mol. The van der Waals surface area contributed by atoms with Crippen molar-refractivity contribution in [3.8, 4) is 0 Å². The van der Waals surface area contributed by atoms with Crippen LogP contribution >= 0.6 is 15.6 Å². The second kappa shape index (κ2) is 60.7. The van der Waals surface area contributed by atoms with Crippen LogP contribution in [0, 0.1) is 23.7 Å². The summed E-state index contributed by atoms with van der Waals surface area (Å²) in [5, 5.41) is 10.6. The van der Waals surface area contributed by atoms with Crippen molar-refractivity contribution in [1.82, 2.24) is 0 Å². The zero-order valence-corrected chi connectivity index (χ0v) is 60.6.